The van der Waals surface area contributed by atoms with E-state index in [1.165, 1.54) is 25.0 Å². The Morgan fingerprint density at radius 3 is 3.15 bits per heavy atom. The van der Waals surface area contributed by atoms with Crippen molar-refractivity contribution in [3.8, 4) is 0 Å². The van der Waals surface area contributed by atoms with Crippen LogP contribution in [0.15, 0.2) is 18.2 Å². The van der Waals surface area contributed by atoms with Crippen LogP contribution >= 0.6 is 11.3 Å². The number of nitrogens with zero attached hydrogens (tertiary/aromatic N) is 3. The second-order valence-electron chi connectivity index (χ2n) is 5.08. The van der Waals surface area contributed by atoms with Crippen molar-refractivity contribution in [3.05, 3.63) is 28.3 Å². The summed E-state index contributed by atoms with van der Waals surface area (Å²) in [6.07, 6.45) is 2.42. The van der Waals surface area contributed by atoms with Crippen LogP contribution in [-0.4, -0.2) is 36.1 Å². The quantitative estimate of drug-likeness (QED) is 0.692. The Morgan fingerprint density at radius 1 is 1.60 bits per heavy atom. The summed E-state index contributed by atoms with van der Waals surface area (Å²) in [5.74, 6) is 0. The number of non-ortho nitro benzene ring substituents is 1. The van der Waals surface area contributed by atoms with Gasteiger partial charge >= 0.3 is 0 Å². The van der Waals surface area contributed by atoms with Crippen molar-refractivity contribution >= 4 is 32.4 Å². The van der Waals surface area contributed by atoms with E-state index in [2.05, 4.69) is 15.2 Å². The summed E-state index contributed by atoms with van der Waals surface area (Å²) < 4.78 is 0.983. The largest absolute Gasteiger partial charge is 0.350 e. The van der Waals surface area contributed by atoms with Crippen LogP contribution in [0.4, 0.5) is 10.8 Å². The molecular weight excluding hydrogens is 276 g/mol. The second kappa shape index (κ2) is 5.34. The molecule has 6 nitrogen and oxygen atoms in total. The number of hydrogen-bond donors (Lipinski definition) is 1. The van der Waals surface area contributed by atoms with Gasteiger partial charge in [0.25, 0.3) is 5.69 Å². The first-order valence-corrected chi connectivity index (χ1v) is 7.44. The van der Waals surface area contributed by atoms with E-state index in [0.29, 0.717) is 11.6 Å². The minimum atomic E-state index is -0.384. The Balaban J connectivity index is 1.82. The zero-order valence-electron chi connectivity index (χ0n) is 11.2. The van der Waals surface area contributed by atoms with Gasteiger partial charge in [0.1, 0.15) is 0 Å². The number of rotatable bonds is 4. The number of fused-ring (bicyclic) bond motifs is 1. The molecule has 1 aromatic heterocycles. The van der Waals surface area contributed by atoms with Crippen molar-refractivity contribution in [2.75, 3.05) is 25.0 Å². The third kappa shape index (κ3) is 2.59. The Labute approximate surface area is 120 Å². The summed E-state index contributed by atoms with van der Waals surface area (Å²) in [5.41, 5.74) is 0.792. The molecule has 1 aromatic carbocycles. The summed E-state index contributed by atoms with van der Waals surface area (Å²) in [5, 5.41) is 15.2. The number of anilines is 1. The van der Waals surface area contributed by atoms with E-state index >= 15 is 0 Å². The van der Waals surface area contributed by atoms with E-state index < -0.39 is 0 Å². The lowest BCUT2D eigenvalue weighted by Gasteiger charge is -2.20. The molecule has 7 heteroatoms. The van der Waals surface area contributed by atoms with Gasteiger partial charge in [0.2, 0.25) is 0 Å². The predicted molar refractivity (Wildman–Crippen MR) is 80.6 cm³/mol. The molecule has 2 heterocycles. The summed E-state index contributed by atoms with van der Waals surface area (Å²) in [6, 6.07) is 5.36. The number of nitrogens with one attached hydrogen (secondary N) is 1. The van der Waals surface area contributed by atoms with Crippen LogP contribution in [0, 0.1) is 10.1 Å². The fourth-order valence-corrected chi connectivity index (χ4v) is 3.42. The van der Waals surface area contributed by atoms with Crippen molar-refractivity contribution in [1.29, 1.82) is 0 Å². The molecule has 0 unspecified atom stereocenters. The highest BCUT2D eigenvalue weighted by molar-refractivity contribution is 7.22. The summed E-state index contributed by atoms with van der Waals surface area (Å²) in [7, 11) is 2.02. The number of likely N-dealkylation sites (N-methyl/N-ethyl adjacent to an activating group) is 1. The van der Waals surface area contributed by atoms with Gasteiger partial charge < -0.3 is 10.2 Å². The molecule has 0 saturated carbocycles. The Kier molecular flexibility index (Phi) is 3.54. The maximum atomic E-state index is 10.8. The Morgan fingerprint density at radius 2 is 2.45 bits per heavy atom. The molecular formula is C13H16N4O2S. The van der Waals surface area contributed by atoms with Gasteiger partial charge in [-0.15, -0.1) is 0 Å². The third-order valence-corrected chi connectivity index (χ3v) is 4.70. The average Bonchev–Trinajstić information content (AvgIpc) is 3.05. The lowest BCUT2D eigenvalue weighted by atomic mass is 10.2. The average molecular weight is 292 g/mol. The van der Waals surface area contributed by atoms with Gasteiger partial charge in [-0.3, -0.25) is 10.1 Å². The molecule has 0 radical (unpaired) electrons. The number of thiazole rings is 1. The molecule has 1 atom stereocenters. The lowest BCUT2D eigenvalue weighted by molar-refractivity contribution is -0.384. The van der Waals surface area contributed by atoms with Crippen LogP contribution < -0.4 is 10.2 Å². The fourth-order valence-electron chi connectivity index (χ4n) is 2.50. The van der Waals surface area contributed by atoms with E-state index in [-0.39, 0.29) is 10.6 Å². The first kappa shape index (κ1) is 13.3. The Bertz CT molecular complexity index is 636. The van der Waals surface area contributed by atoms with Crippen molar-refractivity contribution in [2.24, 2.45) is 0 Å². The van der Waals surface area contributed by atoms with Crippen molar-refractivity contribution in [3.63, 3.8) is 0 Å². The molecule has 1 saturated heterocycles. The maximum Gasteiger partial charge on any atom is 0.271 e. The van der Waals surface area contributed by atoms with Gasteiger partial charge in [-0.2, -0.15) is 0 Å². The summed E-state index contributed by atoms with van der Waals surface area (Å²) >= 11 is 1.57. The monoisotopic (exact) mass is 292 g/mol. The molecule has 0 amide bonds. The minimum absolute atomic E-state index is 0.0921. The van der Waals surface area contributed by atoms with Crippen LogP contribution in [0.25, 0.3) is 10.2 Å². The molecule has 0 spiro atoms. The molecule has 1 N–H and O–H groups in total. The highest BCUT2D eigenvalue weighted by Crippen LogP contribution is 2.30. The molecule has 106 valence electrons. The van der Waals surface area contributed by atoms with Crippen LogP contribution in [0.2, 0.25) is 0 Å². The molecule has 1 aliphatic rings. The minimum Gasteiger partial charge on any atom is -0.350 e. The number of nitro groups is 1. The molecule has 1 aliphatic heterocycles. The van der Waals surface area contributed by atoms with Gasteiger partial charge in [0, 0.05) is 31.8 Å². The van der Waals surface area contributed by atoms with Crippen molar-refractivity contribution < 1.29 is 4.92 Å². The maximum absolute atomic E-state index is 10.8. The molecule has 1 fully saturated rings. The zero-order chi connectivity index (χ0) is 14.1. The van der Waals surface area contributed by atoms with Gasteiger partial charge in [-0.1, -0.05) is 11.3 Å². The van der Waals surface area contributed by atoms with E-state index in [9.17, 15) is 10.1 Å². The summed E-state index contributed by atoms with van der Waals surface area (Å²) in [6.45, 7) is 2.01. The predicted octanol–water partition coefficient (Wildman–Crippen LogP) is 2.39. The molecule has 3 rings (SSSR count). The molecule has 0 bridgehead atoms. The van der Waals surface area contributed by atoms with Gasteiger partial charge in [0.05, 0.1) is 15.1 Å². The number of aromatic nitrogens is 1. The first-order chi connectivity index (χ1) is 9.63. The lowest BCUT2D eigenvalue weighted by Crippen LogP contribution is -2.35. The van der Waals surface area contributed by atoms with Crippen molar-refractivity contribution in [2.45, 2.75) is 18.9 Å². The first-order valence-electron chi connectivity index (χ1n) is 6.63. The standard InChI is InChI=1S/C13H16N4O2S/c1-16(8-9-3-2-6-14-9)13-15-11-7-10(17(18)19)4-5-12(11)20-13/h4-5,7,9,14H,2-3,6,8H2,1H3/t9-/m1/s1. The molecule has 0 aliphatic carbocycles. The molecule has 20 heavy (non-hydrogen) atoms. The van der Waals surface area contributed by atoms with E-state index in [1.807, 2.05) is 7.05 Å². The topological polar surface area (TPSA) is 71.3 Å². The highest BCUT2D eigenvalue weighted by Gasteiger charge is 2.18. The number of benzene rings is 1. The summed E-state index contributed by atoms with van der Waals surface area (Å²) in [4.78, 5) is 17.0. The number of hydrogen-bond acceptors (Lipinski definition) is 6. The number of nitro benzene ring substituents is 1. The van der Waals surface area contributed by atoms with E-state index in [0.717, 1.165) is 22.9 Å². The van der Waals surface area contributed by atoms with Crippen LogP contribution in [0.1, 0.15) is 12.8 Å². The second-order valence-corrected chi connectivity index (χ2v) is 6.09. The van der Waals surface area contributed by atoms with Gasteiger partial charge in [-0.05, 0) is 25.5 Å². The normalized spacial score (nSPS) is 18.6. The fraction of sp³-hybridized carbons (Fsp3) is 0.462. The SMILES string of the molecule is CN(C[C@H]1CCCN1)c1nc2cc([N+](=O)[O-])ccc2s1. The zero-order valence-corrected chi connectivity index (χ0v) is 12.0. The van der Waals surface area contributed by atoms with Gasteiger partial charge in [0.15, 0.2) is 5.13 Å². The van der Waals surface area contributed by atoms with Crippen LogP contribution in [0.3, 0.4) is 0 Å². The van der Waals surface area contributed by atoms with E-state index in [4.69, 9.17) is 0 Å². The highest BCUT2D eigenvalue weighted by atomic mass is 32.1. The molecule has 2 aromatic rings. The Hall–Kier alpha value is -1.73. The van der Waals surface area contributed by atoms with Crippen LogP contribution in [0.5, 0.6) is 0 Å². The van der Waals surface area contributed by atoms with E-state index in [1.54, 1.807) is 17.4 Å². The van der Waals surface area contributed by atoms with Crippen molar-refractivity contribution in [1.82, 2.24) is 10.3 Å². The van der Waals surface area contributed by atoms with Gasteiger partial charge in [-0.25, -0.2) is 4.98 Å². The third-order valence-electron chi connectivity index (χ3n) is 3.55. The smallest absolute Gasteiger partial charge is 0.271 e. The van der Waals surface area contributed by atoms with Crippen LogP contribution in [-0.2, 0) is 0 Å².